The molecule has 3 rings (SSSR count). The molecule has 0 fully saturated rings. The molecule has 0 bridgehead atoms. The van der Waals surface area contributed by atoms with E-state index in [2.05, 4.69) is 45.0 Å². The number of carbonyl (C=O) groups is 2. The van der Waals surface area contributed by atoms with E-state index in [9.17, 15) is 9.59 Å². The summed E-state index contributed by atoms with van der Waals surface area (Å²) in [7, 11) is 0. The lowest BCUT2D eigenvalue weighted by Crippen LogP contribution is -2.46. The summed E-state index contributed by atoms with van der Waals surface area (Å²) in [4.78, 5) is 25.6. The number of hydrazone groups is 1. The zero-order chi connectivity index (χ0) is 16.2. The fraction of sp³-hybridized carbons (Fsp3) is 0.471. The molecular weight excluding hydrogens is 292 g/mol. The van der Waals surface area contributed by atoms with Crippen LogP contribution in [0.25, 0.3) is 0 Å². The van der Waals surface area contributed by atoms with Crippen molar-refractivity contribution in [2.45, 2.75) is 38.8 Å². The Bertz CT molecular complexity index is 641. The normalized spacial score (nSPS) is 19.3. The van der Waals surface area contributed by atoms with Crippen molar-refractivity contribution in [3.8, 4) is 0 Å². The van der Waals surface area contributed by atoms with Crippen molar-refractivity contribution in [1.29, 1.82) is 0 Å². The Labute approximate surface area is 135 Å². The Morgan fingerprint density at radius 3 is 2.83 bits per heavy atom. The molecule has 0 aliphatic carbocycles. The molecule has 0 unspecified atom stereocenters. The number of rotatable bonds is 4. The second kappa shape index (κ2) is 6.91. The van der Waals surface area contributed by atoms with Crippen LogP contribution in [-0.4, -0.2) is 41.6 Å². The molecule has 2 amide bonds. The van der Waals surface area contributed by atoms with Gasteiger partial charge < -0.3 is 5.32 Å². The maximum atomic E-state index is 12.1. The maximum Gasteiger partial charge on any atom is 0.267 e. The van der Waals surface area contributed by atoms with E-state index in [-0.39, 0.29) is 17.9 Å². The van der Waals surface area contributed by atoms with Crippen molar-refractivity contribution in [2.24, 2.45) is 5.10 Å². The van der Waals surface area contributed by atoms with Gasteiger partial charge in [0.2, 0.25) is 5.91 Å². The number of carbonyl (C=O) groups excluding carboxylic acids is 2. The molecule has 6 nitrogen and oxygen atoms in total. The molecule has 23 heavy (non-hydrogen) atoms. The highest BCUT2D eigenvalue weighted by molar-refractivity contribution is 6.39. The van der Waals surface area contributed by atoms with E-state index >= 15 is 0 Å². The summed E-state index contributed by atoms with van der Waals surface area (Å²) < 4.78 is 0. The molecule has 0 saturated carbocycles. The van der Waals surface area contributed by atoms with Gasteiger partial charge in [0, 0.05) is 38.5 Å². The van der Waals surface area contributed by atoms with E-state index in [0.29, 0.717) is 18.6 Å². The Balaban J connectivity index is 1.51. The summed E-state index contributed by atoms with van der Waals surface area (Å²) in [6.45, 7) is 4.74. The average Bonchev–Trinajstić information content (AvgIpc) is 2.55. The molecule has 0 radical (unpaired) electrons. The fourth-order valence-electron chi connectivity index (χ4n) is 3.09. The van der Waals surface area contributed by atoms with Gasteiger partial charge in [-0.25, -0.2) is 5.43 Å². The monoisotopic (exact) mass is 314 g/mol. The number of nitrogens with one attached hydrogen (secondary N) is 2. The predicted molar refractivity (Wildman–Crippen MR) is 87.8 cm³/mol. The van der Waals surface area contributed by atoms with Gasteiger partial charge in [0.25, 0.3) is 5.91 Å². The van der Waals surface area contributed by atoms with Crippen molar-refractivity contribution in [1.82, 2.24) is 15.6 Å². The first-order valence-corrected chi connectivity index (χ1v) is 8.07. The molecular formula is C17H22N4O2. The maximum absolute atomic E-state index is 12.1. The molecule has 1 atom stereocenters. The van der Waals surface area contributed by atoms with Gasteiger partial charge in [-0.3, -0.25) is 14.5 Å². The van der Waals surface area contributed by atoms with Crippen molar-refractivity contribution in [3.63, 3.8) is 0 Å². The summed E-state index contributed by atoms with van der Waals surface area (Å²) >= 11 is 0. The van der Waals surface area contributed by atoms with Crippen LogP contribution in [0, 0.1) is 0 Å². The summed E-state index contributed by atoms with van der Waals surface area (Å²) in [5, 5.41) is 6.80. The van der Waals surface area contributed by atoms with Crippen LogP contribution >= 0.6 is 0 Å². The third-order valence-corrected chi connectivity index (χ3v) is 4.29. The molecule has 122 valence electrons. The topological polar surface area (TPSA) is 73.8 Å². The number of nitrogens with zero attached hydrogens (tertiary/aromatic N) is 2. The minimum absolute atomic E-state index is 0.0353. The van der Waals surface area contributed by atoms with E-state index in [4.69, 9.17) is 0 Å². The molecule has 2 aliphatic heterocycles. The lowest BCUT2D eigenvalue weighted by Gasteiger charge is -2.31. The second-order valence-electron chi connectivity index (χ2n) is 6.22. The molecule has 0 saturated heterocycles. The Morgan fingerprint density at radius 1 is 1.30 bits per heavy atom. The summed E-state index contributed by atoms with van der Waals surface area (Å²) in [6, 6.07) is 8.55. The van der Waals surface area contributed by atoms with E-state index in [1.165, 1.54) is 11.1 Å². The molecule has 2 aliphatic rings. The van der Waals surface area contributed by atoms with Crippen LogP contribution in [0.3, 0.4) is 0 Å². The van der Waals surface area contributed by atoms with Gasteiger partial charge in [0.15, 0.2) is 0 Å². The van der Waals surface area contributed by atoms with Gasteiger partial charge in [-0.2, -0.15) is 5.10 Å². The first-order chi connectivity index (χ1) is 11.1. The molecule has 1 aromatic carbocycles. The molecule has 6 heteroatoms. The Hall–Kier alpha value is -2.21. The van der Waals surface area contributed by atoms with E-state index in [1.807, 2.05) is 6.92 Å². The van der Waals surface area contributed by atoms with Crippen molar-refractivity contribution in [3.05, 3.63) is 35.4 Å². The molecule has 2 heterocycles. The van der Waals surface area contributed by atoms with E-state index in [0.717, 1.165) is 26.1 Å². The van der Waals surface area contributed by atoms with E-state index < -0.39 is 0 Å². The minimum Gasteiger partial charge on any atom is -0.347 e. The smallest absolute Gasteiger partial charge is 0.267 e. The minimum atomic E-state index is -0.185. The SMILES string of the molecule is C[C@@H](CN1CCc2ccccc2C1)NC(=O)C1=NNC(=O)CC1. The van der Waals surface area contributed by atoms with Crippen LogP contribution in [0.1, 0.15) is 30.9 Å². The number of amides is 2. The van der Waals surface area contributed by atoms with Crippen LogP contribution in [0.4, 0.5) is 0 Å². The van der Waals surface area contributed by atoms with Crippen LogP contribution in [0.5, 0.6) is 0 Å². The largest absolute Gasteiger partial charge is 0.347 e. The number of hydrogen-bond acceptors (Lipinski definition) is 4. The number of hydrogen-bond donors (Lipinski definition) is 2. The third kappa shape index (κ3) is 3.96. The first kappa shape index (κ1) is 15.7. The van der Waals surface area contributed by atoms with Crippen molar-refractivity contribution < 1.29 is 9.59 Å². The van der Waals surface area contributed by atoms with Gasteiger partial charge in [-0.1, -0.05) is 24.3 Å². The quantitative estimate of drug-likeness (QED) is 0.864. The zero-order valence-electron chi connectivity index (χ0n) is 13.3. The van der Waals surface area contributed by atoms with Gasteiger partial charge in [0.1, 0.15) is 5.71 Å². The average molecular weight is 314 g/mol. The van der Waals surface area contributed by atoms with E-state index in [1.54, 1.807) is 0 Å². The van der Waals surface area contributed by atoms with Crippen molar-refractivity contribution >= 4 is 17.5 Å². The molecule has 2 N–H and O–H groups in total. The van der Waals surface area contributed by atoms with Gasteiger partial charge in [0.05, 0.1) is 0 Å². The van der Waals surface area contributed by atoms with Gasteiger partial charge in [-0.05, 0) is 24.5 Å². The second-order valence-corrected chi connectivity index (χ2v) is 6.22. The lowest BCUT2D eigenvalue weighted by molar-refractivity contribution is -0.121. The molecule has 1 aromatic rings. The Kier molecular flexibility index (Phi) is 4.71. The summed E-state index contributed by atoms with van der Waals surface area (Å²) in [5.41, 5.74) is 5.56. The van der Waals surface area contributed by atoms with Crippen LogP contribution in [-0.2, 0) is 22.6 Å². The predicted octanol–water partition coefficient (Wildman–Crippen LogP) is 0.815. The number of fused-ring (bicyclic) bond motifs is 1. The van der Waals surface area contributed by atoms with Crippen LogP contribution in [0.15, 0.2) is 29.4 Å². The Morgan fingerprint density at radius 2 is 2.09 bits per heavy atom. The lowest BCUT2D eigenvalue weighted by atomic mass is 9.99. The highest BCUT2D eigenvalue weighted by Gasteiger charge is 2.22. The summed E-state index contributed by atoms with van der Waals surface area (Å²) in [5.74, 6) is -0.323. The van der Waals surface area contributed by atoms with Crippen molar-refractivity contribution in [2.75, 3.05) is 13.1 Å². The van der Waals surface area contributed by atoms with Gasteiger partial charge >= 0.3 is 0 Å². The number of benzene rings is 1. The molecule has 0 aromatic heterocycles. The first-order valence-electron chi connectivity index (χ1n) is 8.07. The van der Waals surface area contributed by atoms with Gasteiger partial charge in [-0.15, -0.1) is 0 Å². The third-order valence-electron chi connectivity index (χ3n) is 4.29. The van der Waals surface area contributed by atoms with Crippen LogP contribution < -0.4 is 10.7 Å². The fourth-order valence-corrected chi connectivity index (χ4v) is 3.09. The highest BCUT2D eigenvalue weighted by atomic mass is 16.2. The standard InChI is InChI=1S/C17H22N4O2/c1-12(18-17(23)15-6-7-16(22)20-19-15)10-21-9-8-13-4-2-3-5-14(13)11-21/h2-5,12H,6-11H2,1H3,(H,18,23)(H,20,22)/t12-/m0/s1. The molecule has 0 spiro atoms. The highest BCUT2D eigenvalue weighted by Crippen LogP contribution is 2.18. The van der Waals surface area contributed by atoms with Crippen LogP contribution in [0.2, 0.25) is 0 Å². The zero-order valence-corrected chi connectivity index (χ0v) is 13.3. The summed E-state index contributed by atoms with van der Waals surface area (Å²) in [6.07, 6.45) is 1.78.